The summed E-state index contributed by atoms with van der Waals surface area (Å²) >= 11 is 3.13. The molecule has 100 valence electrons. The van der Waals surface area contributed by atoms with Crippen molar-refractivity contribution < 1.29 is 8.78 Å². The van der Waals surface area contributed by atoms with Crippen molar-refractivity contribution in [1.29, 1.82) is 0 Å². The van der Waals surface area contributed by atoms with E-state index in [1.165, 1.54) is 12.1 Å². The molecule has 0 aromatic heterocycles. The Bertz CT molecular complexity index is 596. The van der Waals surface area contributed by atoms with Crippen LogP contribution in [0.1, 0.15) is 18.1 Å². The SMILES string of the molecule is CC(N)(Cc1ccc(F)c(Br)c1)c1ccccc1F. The van der Waals surface area contributed by atoms with Gasteiger partial charge in [0.15, 0.2) is 0 Å². The predicted octanol–water partition coefficient (Wildman–Crippen LogP) is 4.14. The Labute approximate surface area is 119 Å². The van der Waals surface area contributed by atoms with Crippen molar-refractivity contribution in [2.45, 2.75) is 18.9 Å². The first-order valence-corrected chi connectivity index (χ1v) is 6.67. The highest BCUT2D eigenvalue weighted by molar-refractivity contribution is 9.10. The molecule has 1 unspecified atom stereocenters. The average Bonchev–Trinajstić information content (AvgIpc) is 2.34. The van der Waals surface area contributed by atoms with Gasteiger partial charge in [-0.05, 0) is 53.0 Å². The van der Waals surface area contributed by atoms with Gasteiger partial charge in [0.2, 0.25) is 0 Å². The van der Waals surface area contributed by atoms with Crippen LogP contribution in [0.2, 0.25) is 0 Å². The van der Waals surface area contributed by atoms with Crippen molar-refractivity contribution in [2.75, 3.05) is 0 Å². The Balaban J connectivity index is 2.31. The largest absolute Gasteiger partial charge is 0.321 e. The molecule has 0 amide bonds. The highest BCUT2D eigenvalue weighted by Gasteiger charge is 2.25. The molecule has 0 spiro atoms. The van der Waals surface area contributed by atoms with Crippen LogP contribution in [-0.4, -0.2) is 0 Å². The van der Waals surface area contributed by atoms with Crippen molar-refractivity contribution >= 4 is 15.9 Å². The van der Waals surface area contributed by atoms with Crippen molar-refractivity contribution in [2.24, 2.45) is 5.73 Å². The van der Waals surface area contributed by atoms with Gasteiger partial charge in [0.25, 0.3) is 0 Å². The minimum absolute atomic E-state index is 0.325. The number of benzene rings is 2. The third-order valence-electron chi connectivity index (χ3n) is 3.04. The second kappa shape index (κ2) is 5.39. The molecule has 0 aliphatic rings. The molecule has 0 saturated carbocycles. The predicted molar refractivity (Wildman–Crippen MR) is 75.7 cm³/mol. The minimum Gasteiger partial charge on any atom is -0.321 e. The lowest BCUT2D eigenvalue weighted by Gasteiger charge is -2.26. The first kappa shape index (κ1) is 14.2. The zero-order chi connectivity index (χ0) is 14.0. The molecule has 19 heavy (non-hydrogen) atoms. The number of hydrogen-bond acceptors (Lipinski definition) is 1. The fourth-order valence-electron chi connectivity index (χ4n) is 2.09. The van der Waals surface area contributed by atoms with Gasteiger partial charge < -0.3 is 5.73 Å². The highest BCUT2D eigenvalue weighted by Crippen LogP contribution is 2.27. The third-order valence-corrected chi connectivity index (χ3v) is 3.65. The van der Waals surface area contributed by atoms with Crippen molar-refractivity contribution in [3.05, 3.63) is 69.7 Å². The van der Waals surface area contributed by atoms with Crippen molar-refractivity contribution in [3.63, 3.8) is 0 Å². The van der Waals surface area contributed by atoms with Gasteiger partial charge in [-0.2, -0.15) is 0 Å². The summed E-state index contributed by atoms with van der Waals surface area (Å²) < 4.78 is 27.3. The molecule has 0 radical (unpaired) electrons. The lowest BCUT2D eigenvalue weighted by molar-refractivity contribution is 0.457. The summed E-state index contributed by atoms with van der Waals surface area (Å²) in [5.41, 5.74) is 6.67. The maximum atomic E-state index is 13.8. The molecule has 0 aliphatic carbocycles. The van der Waals surface area contributed by atoms with E-state index < -0.39 is 5.54 Å². The summed E-state index contributed by atoms with van der Waals surface area (Å²) in [7, 11) is 0. The Kier molecular flexibility index (Phi) is 4.02. The zero-order valence-corrected chi connectivity index (χ0v) is 12.0. The van der Waals surface area contributed by atoms with E-state index in [0.29, 0.717) is 16.5 Å². The van der Waals surface area contributed by atoms with Gasteiger partial charge in [-0.3, -0.25) is 0 Å². The fourth-order valence-corrected chi connectivity index (χ4v) is 2.52. The first-order chi connectivity index (χ1) is 8.90. The molecule has 2 rings (SSSR count). The van der Waals surface area contributed by atoms with Gasteiger partial charge in [0.05, 0.1) is 4.47 Å². The van der Waals surface area contributed by atoms with Crippen molar-refractivity contribution in [1.82, 2.24) is 0 Å². The van der Waals surface area contributed by atoms with Gasteiger partial charge in [-0.25, -0.2) is 8.78 Å². The Morgan fingerprint density at radius 2 is 1.79 bits per heavy atom. The third kappa shape index (κ3) is 3.19. The van der Waals surface area contributed by atoms with Gasteiger partial charge in [-0.15, -0.1) is 0 Å². The summed E-state index contributed by atoms with van der Waals surface area (Å²) in [5, 5.41) is 0. The van der Waals surface area contributed by atoms with E-state index in [1.54, 1.807) is 37.3 Å². The lowest BCUT2D eigenvalue weighted by Crippen LogP contribution is -2.36. The minimum atomic E-state index is -0.845. The number of halogens is 3. The lowest BCUT2D eigenvalue weighted by atomic mass is 9.86. The first-order valence-electron chi connectivity index (χ1n) is 5.88. The summed E-state index contributed by atoms with van der Waals surface area (Å²) in [5.74, 6) is -0.651. The molecule has 1 atom stereocenters. The molecule has 4 heteroatoms. The van der Waals surface area contributed by atoms with Crippen LogP contribution in [0.3, 0.4) is 0 Å². The number of rotatable bonds is 3. The van der Waals surface area contributed by atoms with E-state index in [-0.39, 0.29) is 11.6 Å². The molecule has 2 aromatic rings. The normalized spacial score (nSPS) is 14.2. The zero-order valence-electron chi connectivity index (χ0n) is 10.5. The van der Waals surface area contributed by atoms with Crippen LogP contribution in [0.5, 0.6) is 0 Å². The summed E-state index contributed by atoms with van der Waals surface area (Å²) in [6, 6.07) is 11.1. The summed E-state index contributed by atoms with van der Waals surface area (Å²) in [6.45, 7) is 1.77. The maximum Gasteiger partial charge on any atom is 0.137 e. The van der Waals surface area contributed by atoms with E-state index in [2.05, 4.69) is 15.9 Å². The van der Waals surface area contributed by atoms with Crippen LogP contribution in [0.15, 0.2) is 46.9 Å². The molecule has 0 heterocycles. The van der Waals surface area contributed by atoms with E-state index in [0.717, 1.165) is 5.56 Å². The van der Waals surface area contributed by atoms with E-state index in [1.807, 2.05) is 0 Å². The van der Waals surface area contributed by atoms with Crippen LogP contribution >= 0.6 is 15.9 Å². The Morgan fingerprint density at radius 1 is 1.11 bits per heavy atom. The maximum absolute atomic E-state index is 13.8. The van der Waals surface area contributed by atoms with Gasteiger partial charge in [0, 0.05) is 11.1 Å². The number of nitrogens with two attached hydrogens (primary N) is 1. The second-order valence-electron chi connectivity index (χ2n) is 4.82. The van der Waals surface area contributed by atoms with Crippen LogP contribution in [0.25, 0.3) is 0 Å². The van der Waals surface area contributed by atoms with Gasteiger partial charge in [-0.1, -0.05) is 24.3 Å². The van der Waals surface area contributed by atoms with Crippen molar-refractivity contribution in [3.8, 4) is 0 Å². The quantitative estimate of drug-likeness (QED) is 0.901. The van der Waals surface area contributed by atoms with Crippen LogP contribution in [0, 0.1) is 11.6 Å². The monoisotopic (exact) mass is 325 g/mol. The van der Waals surface area contributed by atoms with Gasteiger partial charge >= 0.3 is 0 Å². The van der Waals surface area contributed by atoms with E-state index in [4.69, 9.17) is 5.73 Å². The Morgan fingerprint density at radius 3 is 2.42 bits per heavy atom. The molecular weight excluding hydrogens is 312 g/mol. The molecular formula is C15H14BrF2N. The standard InChI is InChI=1S/C15H14BrF2N/c1-15(19,11-4-2-3-5-13(11)17)9-10-6-7-14(18)12(16)8-10/h2-8H,9,19H2,1H3. The van der Waals surface area contributed by atoms with E-state index >= 15 is 0 Å². The smallest absolute Gasteiger partial charge is 0.137 e. The molecule has 0 saturated heterocycles. The second-order valence-corrected chi connectivity index (χ2v) is 5.68. The molecule has 1 nitrogen and oxygen atoms in total. The molecule has 0 aliphatic heterocycles. The van der Waals surface area contributed by atoms with Crippen LogP contribution in [0.4, 0.5) is 8.78 Å². The number of hydrogen-bond donors (Lipinski definition) is 1. The summed E-state index contributed by atoms with van der Waals surface area (Å²) in [6.07, 6.45) is 0.423. The molecule has 0 fully saturated rings. The highest BCUT2D eigenvalue weighted by atomic mass is 79.9. The van der Waals surface area contributed by atoms with E-state index in [9.17, 15) is 8.78 Å². The molecule has 0 bridgehead atoms. The average molecular weight is 326 g/mol. The molecule has 2 aromatic carbocycles. The van der Waals surface area contributed by atoms with Crippen LogP contribution < -0.4 is 5.73 Å². The Hall–Kier alpha value is -1.26. The van der Waals surface area contributed by atoms with Gasteiger partial charge in [0.1, 0.15) is 11.6 Å². The molecule has 2 N–H and O–H groups in total. The fraction of sp³-hybridized carbons (Fsp3) is 0.200. The van der Waals surface area contributed by atoms with Crippen LogP contribution in [-0.2, 0) is 12.0 Å². The topological polar surface area (TPSA) is 26.0 Å². The summed E-state index contributed by atoms with van der Waals surface area (Å²) in [4.78, 5) is 0.